The molecule has 0 bridgehead atoms. The summed E-state index contributed by atoms with van der Waals surface area (Å²) in [5, 5.41) is 9.43. The average molecular weight is 1020 g/mol. The summed E-state index contributed by atoms with van der Waals surface area (Å²) < 4.78 is 86.1. The molecule has 0 fully saturated rings. The van der Waals surface area contributed by atoms with E-state index in [0.29, 0.717) is 38.8 Å². The summed E-state index contributed by atoms with van der Waals surface area (Å²) in [6.45, 7) is 5.67. The third-order valence-corrected chi connectivity index (χ3v) is 12.1. The number of nitrogens with zero attached hydrogens (tertiary/aromatic N) is 2. The van der Waals surface area contributed by atoms with E-state index in [1.807, 2.05) is 71.5 Å². The minimum atomic E-state index is -1.03. The number of aryl methyl sites for hydroxylation is 2. The first kappa shape index (κ1) is 52.5. The third-order valence-electron chi connectivity index (χ3n) is 10.8. The van der Waals surface area contributed by atoms with Crippen LogP contribution in [0.25, 0.3) is 33.9 Å². The van der Waals surface area contributed by atoms with Crippen molar-refractivity contribution in [1.29, 1.82) is 0 Å². The Kier molecular flexibility index (Phi) is 18.0. The van der Waals surface area contributed by atoms with Gasteiger partial charge >= 0.3 is 11.9 Å². The van der Waals surface area contributed by atoms with Gasteiger partial charge in [-0.2, -0.15) is 8.67 Å². The van der Waals surface area contributed by atoms with Crippen molar-refractivity contribution in [3.05, 3.63) is 203 Å². The zero-order valence-electron chi connectivity index (χ0n) is 39.3. The maximum Gasteiger partial charge on any atom is 0.338 e. The lowest BCUT2D eigenvalue weighted by Gasteiger charge is -2.17. The quantitative estimate of drug-likeness (QED) is 0.0272. The van der Waals surface area contributed by atoms with Crippen LogP contribution in [-0.2, 0) is 36.4 Å². The number of carbonyl (C=O) groups excluding carboxylic acids is 1. The molecule has 0 aliphatic rings. The molecule has 0 atom stereocenters. The molecule has 18 heteroatoms. The normalized spacial score (nSPS) is 11.0. The molecule has 0 saturated carbocycles. The molecule has 6 aromatic carbocycles. The van der Waals surface area contributed by atoms with Gasteiger partial charge in [-0.25, -0.2) is 36.9 Å². The zero-order valence-corrected chi connectivity index (χ0v) is 41.0. The second-order valence-electron chi connectivity index (χ2n) is 15.5. The molecule has 12 nitrogen and oxygen atoms in total. The minimum Gasteiger partial charge on any atom is -0.488 e. The van der Waals surface area contributed by atoms with Gasteiger partial charge in [0.2, 0.25) is 0 Å². The Morgan fingerprint density at radius 2 is 1.01 bits per heavy atom. The van der Waals surface area contributed by atoms with Crippen LogP contribution in [0.4, 0.5) is 17.6 Å². The maximum atomic E-state index is 14.2. The summed E-state index contributed by atoms with van der Waals surface area (Å²) in [6, 6.07) is 38.8. The molecule has 0 spiro atoms. The van der Waals surface area contributed by atoms with Gasteiger partial charge in [0.25, 0.3) is 0 Å². The monoisotopic (exact) mass is 1020 g/mol. The largest absolute Gasteiger partial charge is 0.488 e. The number of benzene rings is 6. The van der Waals surface area contributed by atoms with Gasteiger partial charge in [0.1, 0.15) is 48.0 Å². The Hall–Kier alpha value is -7.32. The van der Waals surface area contributed by atoms with E-state index in [9.17, 15) is 32.3 Å². The van der Waals surface area contributed by atoms with Crippen LogP contribution in [0.3, 0.4) is 0 Å². The molecule has 0 amide bonds. The fraction of sp³-hybridized carbons (Fsp3) is 0.148. The van der Waals surface area contributed by atoms with E-state index in [1.165, 1.54) is 44.6 Å². The Morgan fingerprint density at radius 3 is 1.44 bits per heavy atom. The zero-order chi connectivity index (χ0) is 51.3. The Bertz CT molecular complexity index is 3200. The summed E-state index contributed by atoms with van der Waals surface area (Å²) >= 11 is 2.03. The number of halogens is 4. The number of rotatable bonds is 19. The van der Waals surface area contributed by atoms with Crippen LogP contribution in [0.15, 0.2) is 155 Å². The molecule has 72 heavy (non-hydrogen) atoms. The van der Waals surface area contributed by atoms with E-state index in [2.05, 4.69) is 4.89 Å². The molecule has 0 radical (unpaired) electrons. The smallest absolute Gasteiger partial charge is 0.338 e. The number of carbonyl (C=O) groups is 2. The number of esters is 1. The highest BCUT2D eigenvalue weighted by Gasteiger charge is 2.20. The van der Waals surface area contributed by atoms with Crippen LogP contribution in [0.2, 0.25) is 0 Å². The van der Waals surface area contributed by atoms with Gasteiger partial charge < -0.3 is 28.5 Å². The van der Waals surface area contributed by atoms with Gasteiger partial charge in [-0.1, -0.05) is 12.1 Å². The van der Waals surface area contributed by atoms with Crippen molar-refractivity contribution in [2.75, 3.05) is 20.8 Å². The van der Waals surface area contributed by atoms with Crippen molar-refractivity contribution in [3.63, 3.8) is 0 Å². The number of hydrogen-bond acceptors (Lipinski definition) is 11. The number of hydrogen-bond donors (Lipinski definition) is 1. The summed E-state index contributed by atoms with van der Waals surface area (Å²) in [5.74, 6) is -3.21. The summed E-state index contributed by atoms with van der Waals surface area (Å²) in [5.41, 5.74) is 7.06. The van der Waals surface area contributed by atoms with Crippen LogP contribution in [-0.4, -0.2) is 47.0 Å². The highest BCUT2D eigenvalue weighted by atomic mass is 32.2. The standard InChI is InChI=1S/C28H25F2NO5S.C26H21F2NO5S/c1-4-34-28(32)19-6-5-7-22(14-19)31-18(2)8-12-26(31)24-16-23(37-36-33-3)11-13-27(24)35-17-20-9-10-21(29)15-25(20)30;1-16-6-10-24(29(16)20-5-3-4-17(12-20)26(30)31)22-14-21(35-34-32-2)9-11-25(22)33-15-18-7-8-19(27)13-23(18)28/h5-16H,4,17H2,1-3H3;3-14H,15H2,1-2H3,(H,30,31). The molecule has 372 valence electrons. The SMILES string of the molecule is CCOC(=O)c1cccc(-n2c(C)ccc2-c2cc(SOOC)ccc2OCc2ccc(F)cc2F)c1.COOSc1ccc(OCc2ccc(F)cc2F)c(-c2ccc(C)n2-c2cccc(C(=O)O)c2)c1. The van der Waals surface area contributed by atoms with Crippen LogP contribution >= 0.6 is 24.1 Å². The number of carboxylic acid groups (broad SMARTS) is 1. The summed E-state index contributed by atoms with van der Waals surface area (Å²) in [7, 11) is 2.81. The Morgan fingerprint density at radius 1 is 0.556 bits per heavy atom. The van der Waals surface area contributed by atoms with Crippen molar-refractivity contribution >= 4 is 36.0 Å². The molecule has 2 heterocycles. The number of ether oxygens (including phenoxy) is 3. The molecule has 1 N–H and O–H groups in total. The van der Waals surface area contributed by atoms with Crippen molar-refractivity contribution in [2.24, 2.45) is 0 Å². The number of aromatic carboxylic acids is 1. The average Bonchev–Trinajstić information content (AvgIpc) is 3.96. The first-order valence-corrected chi connectivity index (χ1v) is 23.4. The topological polar surface area (TPSA) is 129 Å². The van der Waals surface area contributed by atoms with Gasteiger partial charge in [0.15, 0.2) is 0 Å². The van der Waals surface area contributed by atoms with Crippen LogP contribution in [0.5, 0.6) is 11.5 Å². The van der Waals surface area contributed by atoms with E-state index in [0.717, 1.165) is 69.6 Å². The molecule has 0 aliphatic carbocycles. The van der Waals surface area contributed by atoms with E-state index in [4.69, 9.17) is 27.8 Å². The molecule has 2 aromatic heterocycles. The molecular formula is C54H46F4N2O10S2. The Labute approximate surface area is 420 Å². The van der Waals surface area contributed by atoms with Crippen LogP contribution < -0.4 is 9.47 Å². The van der Waals surface area contributed by atoms with Gasteiger partial charge in [-0.05, 0) is 142 Å². The second-order valence-corrected chi connectivity index (χ2v) is 17.1. The van der Waals surface area contributed by atoms with Crippen molar-refractivity contribution < 1.29 is 64.9 Å². The van der Waals surface area contributed by atoms with Gasteiger partial charge in [-0.15, -0.1) is 0 Å². The summed E-state index contributed by atoms with van der Waals surface area (Å²) in [6.07, 6.45) is 0. The predicted octanol–water partition coefficient (Wildman–Crippen LogP) is 13.7. The number of aromatic nitrogens is 2. The highest BCUT2D eigenvalue weighted by Crippen LogP contribution is 2.39. The summed E-state index contributed by atoms with van der Waals surface area (Å²) in [4.78, 5) is 34.7. The molecule has 0 unspecified atom stereocenters. The van der Waals surface area contributed by atoms with Crippen molar-refractivity contribution in [1.82, 2.24) is 9.13 Å². The fourth-order valence-corrected chi connectivity index (χ4v) is 8.33. The molecule has 8 rings (SSSR count). The van der Waals surface area contributed by atoms with Crippen LogP contribution in [0.1, 0.15) is 50.2 Å². The first-order chi connectivity index (χ1) is 34.8. The fourth-order valence-electron chi connectivity index (χ4n) is 7.46. The van der Waals surface area contributed by atoms with Gasteiger partial charge in [-0.3, -0.25) is 0 Å². The second kappa shape index (κ2) is 24.7. The van der Waals surface area contributed by atoms with E-state index >= 15 is 0 Å². The lowest BCUT2D eigenvalue weighted by atomic mass is 10.1. The number of carboxylic acids is 1. The van der Waals surface area contributed by atoms with Gasteiger partial charge in [0.05, 0.1) is 67.4 Å². The highest BCUT2D eigenvalue weighted by molar-refractivity contribution is 7.94. The lowest BCUT2D eigenvalue weighted by molar-refractivity contribution is -0.160. The van der Waals surface area contributed by atoms with E-state index in [-0.39, 0.29) is 36.5 Å². The minimum absolute atomic E-state index is 0.0990. The predicted molar refractivity (Wildman–Crippen MR) is 264 cm³/mol. The molecule has 0 saturated heterocycles. The molecule has 0 aliphatic heterocycles. The maximum absolute atomic E-state index is 14.2. The van der Waals surface area contributed by atoms with Crippen LogP contribution in [0, 0.1) is 37.1 Å². The third kappa shape index (κ3) is 13.0. The lowest BCUT2D eigenvalue weighted by Crippen LogP contribution is -2.07. The molecule has 8 aromatic rings. The van der Waals surface area contributed by atoms with E-state index < -0.39 is 35.2 Å². The van der Waals surface area contributed by atoms with Gasteiger partial charge in [0, 0.05) is 66.9 Å². The first-order valence-electron chi connectivity index (χ1n) is 21.9. The van der Waals surface area contributed by atoms with Crippen molar-refractivity contribution in [3.8, 4) is 45.4 Å². The van der Waals surface area contributed by atoms with Crippen molar-refractivity contribution in [2.45, 2.75) is 43.8 Å². The Balaban J connectivity index is 0.000000212. The van der Waals surface area contributed by atoms with E-state index in [1.54, 1.807) is 61.5 Å². The molecular weight excluding hydrogens is 977 g/mol.